The number of nitrogens with zero attached hydrogens (tertiary/aromatic N) is 1. The molecule has 0 saturated carbocycles. The largest absolute Gasteiger partial charge is 0.439 e. The molecular formula is C9H9N3O2. The van der Waals surface area contributed by atoms with Crippen molar-refractivity contribution in [1.82, 2.24) is 10.1 Å². The minimum absolute atomic E-state index is 0.442. The van der Waals surface area contributed by atoms with Crippen LogP contribution >= 0.6 is 0 Å². The van der Waals surface area contributed by atoms with Crippen LogP contribution in [0, 0.1) is 0 Å². The smallest absolute Gasteiger partial charge is 0.388 e. The van der Waals surface area contributed by atoms with Gasteiger partial charge in [0, 0.05) is 18.3 Å². The standard InChI is InChI=1S/C9H9N3O2/c1-10-7-4-2-6(3-5-7)8-11-9(13)14-12-8/h2-5,10H,1H3,(H,11,12,13). The number of rotatable bonds is 2. The number of aromatic nitrogens is 2. The van der Waals surface area contributed by atoms with Crippen molar-refractivity contribution in [3.63, 3.8) is 0 Å². The van der Waals surface area contributed by atoms with Crippen LogP contribution in [0.15, 0.2) is 33.6 Å². The van der Waals surface area contributed by atoms with Crippen molar-refractivity contribution in [2.45, 2.75) is 0 Å². The van der Waals surface area contributed by atoms with Crippen molar-refractivity contribution in [2.24, 2.45) is 0 Å². The Morgan fingerprint density at radius 1 is 1.36 bits per heavy atom. The van der Waals surface area contributed by atoms with E-state index >= 15 is 0 Å². The molecule has 0 amide bonds. The van der Waals surface area contributed by atoms with Gasteiger partial charge < -0.3 is 5.32 Å². The van der Waals surface area contributed by atoms with E-state index in [2.05, 4.69) is 20.0 Å². The topological polar surface area (TPSA) is 70.9 Å². The number of nitrogens with one attached hydrogen (secondary N) is 2. The van der Waals surface area contributed by atoms with Gasteiger partial charge in [-0.25, -0.2) is 4.79 Å². The van der Waals surface area contributed by atoms with E-state index in [9.17, 15) is 4.79 Å². The van der Waals surface area contributed by atoms with E-state index < -0.39 is 5.76 Å². The molecule has 0 aliphatic carbocycles. The Labute approximate surface area is 79.7 Å². The van der Waals surface area contributed by atoms with E-state index in [0.29, 0.717) is 5.82 Å². The average molecular weight is 191 g/mol. The van der Waals surface area contributed by atoms with Crippen LogP contribution in [0.3, 0.4) is 0 Å². The lowest BCUT2D eigenvalue weighted by Crippen LogP contribution is -1.94. The predicted molar refractivity (Wildman–Crippen MR) is 52.1 cm³/mol. The van der Waals surface area contributed by atoms with E-state index in [4.69, 9.17) is 0 Å². The Balaban J connectivity index is 2.38. The summed E-state index contributed by atoms with van der Waals surface area (Å²) in [5, 5.41) is 6.57. The van der Waals surface area contributed by atoms with Gasteiger partial charge in [-0.1, -0.05) is 5.16 Å². The molecule has 0 fully saturated rings. The highest BCUT2D eigenvalue weighted by atomic mass is 16.5. The van der Waals surface area contributed by atoms with Crippen LogP contribution < -0.4 is 11.1 Å². The van der Waals surface area contributed by atoms with Gasteiger partial charge in [-0.3, -0.25) is 9.51 Å². The number of hydrogen-bond acceptors (Lipinski definition) is 4. The Kier molecular flexibility index (Phi) is 2.06. The SMILES string of the molecule is CNc1ccc(-c2noc(=O)[nH]2)cc1. The number of aromatic amines is 1. The summed E-state index contributed by atoms with van der Waals surface area (Å²) in [6.07, 6.45) is 0. The molecule has 1 aromatic heterocycles. The van der Waals surface area contributed by atoms with Crippen LogP contribution in [0.4, 0.5) is 5.69 Å². The Morgan fingerprint density at radius 3 is 2.57 bits per heavy atom. The van der Waals surface area contributed by atoms with Gasteiger partial charge >= 0.3 is 5.76 Å². The fourth-order valence-electron chi connectivity index (χ4n) is 1.15. The molecule has 0 spiro atoms. The van der Waals surface area contributed by atoms with E-state index in [-0.39, 0.29) is 0 Å². The molecule has 2 aromatic rings. The molecule has 0 bridgehead atoms. The highest BCUT2D eigenvalue weighted by molar-refractivity contribution is 5.58. The Morgan fingerprint density at radius 2 is 2.07 bits per heavy atom. The summed E-state index contributed by atoms with van der Waals surface area (Å²) in [6.45, 7) is 0. The zero-order valence-electron chi connectivity index (χ0n) is 7.57. The molecule has 1 aromatic carbocycles. The number of anilines is 1. The average Bonchev–Trinajstić information content (AvgIpc) is 2.65. The maximum absolute atomic E-state index is 10.7. The van der Waals surface area contributed by atoms with Crippen molar-refractivity contribution < 1.29 is 4.52 Å². The molecule has 2 rings (SSSR count). The lowest BCUT2D eigenvalue weighted by Gasteiger charge is -1.99. The molecular weight excluding hydrogens is 182 g/mol. The van der Waals surface area contributed by atoms with Gasteiger partial charge in [0.15, 0.2) is 5.82 Å². The van der Waals surface area contributed by atoms with E-state index in [0.717, 1.165) is 11.3 Å². The third-order valence-electron chi connectivity index (χ3n) is 1.89. The predicted octanol–water partition coefficient (Wildman–Crippen LogP) is 1.07. The Bertz CT molecular complexity index is 469. The van der Waals surface area contributed by atoms with Crippen LogP contribution in [-0.4, -0.2) is 17.2 Å². The molecule has 0 atom stereocenters. The van der Waals surface area contributed by atoms with Gasteiger partial charge in [0.1, 0.15) is 0 Å². The zero-order valence-corrected chi connectivity index (χ0v) is 7.57. The molecule has 5 nitrogen and oxygen atoms in total. The maximum atomic E-state index is 10.7. The molecule has 5 heteroatoms. The summed E-state index contributed by atoms with van der Waals surface area (Å²) >= 11 is 0. The minimum Gasteiger partial charge on any atom is -0.388 e. The highest BCUT2D eigenvalue weighted by Crippen LogP contribution is 2.16. The first-order valence-electron chi connectivity index (χ1n) is 4.14. The second-order valence-electron chi connectivity index (χ2n) is 2.77. The zero-order chi connectivity index (χ0) is 9.97. The summed E-state index contributed by atoms with van der Waals surface area (Å²) in [4.78, 5) is 13.2. The molecule has 0 aliphatic heterocycles. The van der Waals surface area contributed by atoms with Gasteiger partial charge in [-0.05, 0) is 24.3 Å². The van der Waals surface area contributed by atoms with Crippen LogP contribution in [0.5, 0.6) is 0 Å². The third-order valence-corrected chi connectivity index (χ3v) is 1.89. The molecule has 72 valence electrons. The van der Waals surface area contributed by atoms with Crippen molar-refractivity contribution in [1.29, 1.82) is 0 Å². The Hall–Kier alpha value is -2.04. The second-order valence-corrected chi connectivity index (χ2v) is 2.77. The van der Waals surface area contributed by atoms with E-state index in [1.165, 1.54) is 0 Å². The van der Waals surface area contributed by atoms with Crippen LogP contribution in [-0.2, 0) is 0 Å². The first-order valence-corrected chi connectivity index (χ1v) is 4.14. The molecule has 0 unspecified atom stereocenters. The van der Waals surface area contributed by atoms with Crippen LogP contribution in [0.25, 0.3) is 11.4 Å². The highest BCUT2D eigenvalue weighted by Gasteiger charge is 2.02. The third kappa shape index (κ3) is 1.52. The first kappa shape index (κ1) is 8.55. The van der Waals surface area contributed by atoms with Crippen LogP contribution in [0.2, 0.25) is 0 Å². The molecule has 14 heavy (non-hydrogen) atoms. The van der Waals surface area contributed by atoms with E-state index in [1.807, 2.05) is 31.3 Å². The van der Waals surface area contributed by atoms with Gasteiger partial charge in [-0.2, -0.15) is 0 Å². The molecule has 0 saturated heterocycles. The van der Waals surface area contributed by atoms with Crippen LogP contribution in [0.1, 0.15) is 0 Å². The summed E-state index contributed by atoms with van der Waals surface area (Å²) in [5.41, 5.74) is 1.81. The summed E-state index contributed by atoms with van der Waals surface area (Å²) < 4.78 is 4.40. The lowest BCUT2D eigenvalue weighted by molar-refractivity contribution is 0.388. The normalized spacial score (nSPS) is 10.1. The lowest BCUT2D eigenvalue weighted by atomic mass is 10.2. The second kappa shape index (κ2) is 3.37. The quantitative estimate of drug-likeness (QED) is 0.744. The van der Waals surface area contributed by atoms with Gasteiger partial charge in [-0.15, -0.1) is 0 Å². The van der Waals surface area contributed by atoms with Gasteiger partial charge in [0.2, 0.25) is 0 Å². The van der Waals surface area contributed by atoms with Crippen molar-refractivity contribution in [3.05, 3.63) is 34.8 Å². The molecule has 1 heterocycles. The van der Waals surface area contributed by atoms with Crippen molar-refractivity contribution >= 4 is 5.69 Å². The first-order chi connectivity index (χ1) is 6.79. The maximum Gasteiger partial charge on any atom is 0.439 e. The fraction of sp³-hybridized carbons (Fsp3) is 0.111. The summed E-state index contributed by atoms with van der Waals surface area (Å²) in [5.74, 6) is -0.102. The summed E-state index contributed by atoms with van der Waals surface area (Å²) in [7, 11) is 1.84. The number of benzene rings is 1. The van der Waals surface area contributed by atoms with E-state index in [1.54, 1.807) is 0 Å². The van der Waals surface area contributed by atoms with Crippen molar-refractivity contribution in [2.75, 3.05) is 12.4 Å². The van der Waals surface area contributed by atoms with Gasteiger partial charge in [0.25, 0.3) is 0 Å². The number of H-pyrrole nitrogens is 1. The minimum atomic E-state index is -0.544. The molecule has 2 N–H and O–H groups in total. The number of hydrogen-bond donors (Lipinski definition) is 2. The van der Waals surface area contributed by atoms with Crippen molar-refractivity contribution in [3.8, 4) is 11.4 Å². The molecule has 0 radical (unpaired) electrons. The summed E-state index contributed by atoms with van der Waals surface area (Å²) in [6, 6.07) is 7.48. The monoisotopic (exact) mass is 191 g/mol. The fourth-order valence-corrected chi connectivity index (χ4v) is 1.15. The molecule has 0 aliphatic rings. The van der Waals surface area contributed by atoms with Gasteiger partial charge in [0.05, 0.1) is 0 Å².